The topological polar surface area (TPSA) is 37.0 Å². The monoisotopic (exact) mass is 489 g/mol. The number of nitrogens with zero attached hydrogens (tertiary/aromatic N) is 2. The van der Waals surface area contributed by atoms with E-state index in [1.807, 2.05) is 47.5 Å². The van der Waals surface area contributed by atoms with Gasteiger partial charge in [-0.3, -0.25) is 0 Å². The summed E-state index contributed by atoms with van der Waals surface area (Å²) in [6, 6.07) is 11.6. The summed E-state index contributed by atoms with van der Waals surface area (Å²) in [6.07, 6.45) is 11.1. The third-order valence-corrected chi connectivity index (χ3v) is 8.53. The highest BCUT2D eigenvalue weighted by atomic mass is 19.1. The molecule has 4 heterocycles. The molecule has 1 atom stereocenters. The average Bonchev–Trinajstić information content (AvgIpc) is 3.43. The highest BCUT2D eigenvalue weighted by Gasteiger charge is 2.36. The van der Waals surface area contributed by atoms with Crippen LogP contribution in [0.15, 0.2) is 49.2 Å². The zero-order valence-electron chi connectivity index (χ0n) is 21.0. The van der Waals surface area contributed by atoms with Crippen LogP contribution in [0.2, 0.25) is 0 Å². The van der Waals surface area contributed by atoms with E-state index in [1.165, 1.54) is 12.8 Å². The Morgan fingerprint density at radius 3 is 2.67 bits per heavy atom. The largest absolute Gasteiger partial charge is 0.491 e. The number of hydrogen-bond acceptors (Lipinski definition) is 5. The normalized spacial score (nSPS) is 23.2. The maximum Gasteiger partial charge on any atom is 0.148 e. The van der Waals surface area contributed by atoms with Crippen molar-refractivity contribution in [2.45, 2.75) is 44.6 Å². The summed E-state index contributed by atoms with van der Waals surface area (Å²) in [5.41, 5.74) is 4.86. The van der Waals surface area contributed by atoms with Crippen molar-refractivity contribution in [1.29, 1.82) is 0 Å². The van der Waals surface area contributed by atoms with E-state index < -0.39 is 0 Å². The van der Waals surface area contributed by atoms with Gasteiger partial charge < -0.3 is 24.6 Å². The van der Waals surface area contributed by atoms with Crippen molar-refractivity contribution in [1.82, 2.24) is 5.32 Å². The van der Waals surface area contributed by atoms with Crippen molar-refractivity contribution in [3.05, 3.63) is 66.1 Å². The summed E-state index contributed by atoms with van der Waals surface area (Å²) in [5.74, 6) is 0.664. The van der Waals surface area contributed by atoms with Crippen LogP contribution in [0, 0.1) is 11.2 Å². The number of ether oxygens (including phenoxy) is 2. The lowest BCUT2D eigenvalue weighted by molar-refractivity contribution is 0.0679. The fraction of sp³-hybridized carbons (Fsp3) is 0.467. The minimum Gasteiger partial charge on any atom is -0.491 e. The molecule has 6 heteroatoms. The Labute approximate surface area is 213 Å². The van der Waals surface area contributed by atoms with Crippen LogP contribution < -0.4 is 19.9 Å². The third-order valence-electron chi connectivity index (χ3n) is 8.53. The number of rotatable bonds is 5. The van der Waals surface area contributed by atoms with Gasteiger partial charge in [0.25, 0.3) is 0 Å². The maximum absolute atomic E-state index is 15.4. The molecular formula is C30H36FN3O2. The van der Waals surface area contributed by atoms with E-state index in [-0.39, 0.29) is 11.9 Å². The molecule has 36 heavy (non-hydrogen) atoms. The summed E-state index contributed by atoms with van der Waals surface area (Å²) >= 11 is 0. The fourth-order valence-corrected chi connectivity index (χ4v) is 6.19. The molecular weight excluding hydrogens is 453 g/mol. The highest BCUT2D eigenvalue weighted by molar-refractivity contribution is 5.89. The lowest BCUT2D eigenvalue weighted by atomic mass is 9.71. The summed E-state index contributed by atoms with van der Waals surface area (Å²) in [4.78, 5) is 4.18. The summed E-state index contributed by atoms with van der Waals surface area (Å²) in [7, 11) is 0. The molecule has 3 saturated heterocycles. The van der Waals surface area contributed by atoms with E-state index in [1.54, 1.807) is 6.07 Å². The predicted molar refractivity (Wildman–Crippen MR) is 144 cm³/mol. The molecule has 0 bridgehead atoms. The first-order chi connectivity index (χ1) is 17.6. The molecule has 5 nitrogen and oxygen atoms in total. The number of halogens is 1. The number of benzene rings is 2. The maximum atomic E-state index is 15.4. The van der Waals surface area contributed by atoms with Gasteiger partial charge in [-0.05, 0) is 99.0 Å². The van der Waals surface area contributed by atoms with Crippen molar-refractivity contribution < 1.29 is 13.9 Å². The number of anilines is 2. The zero-order valence-corrected chi connectivity index (χ0v) is 21.0. The van der Waals surface area contributed by atoms with E-state index in [2.05, 4.69) is 16.8 Å². The molecule has 3 fully saturated rings. The first-order valence-electron chi connectivity index (χ1n) is 13.4. The summed E-state index contributed by atoms with van der Waals surface area (Å²) in [6.45, 7) is 9.81. The molecule has 2 aromatic carbocycles. The molecule has 6 rings (SSSR count). The molecule has 2 aromatic rings. The van der Waals surface area contributed by atoms with Crippen molar-refractivity contribution in [3.8, 4) is 5.75 Å². The molecule has 0 aliphatic carbocycles. The van der Waals surface area contributed by atoms with E-state index in [0.29, 0.717) is 17.7 Å². The van der Waals surface area contributed by atoms with Gasteiger partial charge >= 0.3 is 0 Å². The first kappa shape index (κ1) is 23.6. The number of nitrogens with one attached hydrogen (secondary N) is 1. The van der Waals surface area contributed by atoms with Gasteiger partial charge in [0, 0.05) is 48.9 Å². The Hall–Kier alpha value is -2.83. The SMILES string of the molecule is C=C1c2ccc(OC[C@H]3CCCO3)cc2C=CN1c1ccc(N2CCC3(CCNCC3)CC2)c(F)c1. The van der Waals surface area contributed by atoms with E-state index >= 15 is 4.39 Å². The lowest BCUT2D eigenvalue weighted by Crippen LogP contribution is -2.45. The van der Waals surface area contributed by atoms with Gasteiger partial charge in [-0.1, -0.05) is 6.58 Å². The van der Waals surface area contributed by atoms with Crippen LogP contribution >= 0.6 is 0 Å². The molecule has 0 unspecified atom stereocenters. The second-order valence-electron chi connectivity index (χ2n) is 10.7. The third kappa shape index (κ3) is 4.64. The smallest absolute Gasteiger partial charge is 0.148 e. The predicted octanol–water partition coefficient (Wildman–Crippen LogP) is 5.82. The Morgan fingerprint density at radius 1 is 1.08 bits per heavy atom. The van der Waals surface area contributed by atoms with Crippen LogP contribution in [0.1, 0.15) is 49.7 Å². The van der Waals surface area contributed by atoms with Crippen LogP contribution in [0.4, 0.5) is 15.8 Å². The second-order valence-corrected chi connectivity index (χ2v) is 10.7. The molecule has 1 spiro atoms. The van der Waals surface area contributed by atoms with Crippen LogP contribution in [-0.2, 0) is 4.74 Å². The molecule has 0 saturated carbocycles. The number of piperidine rings is 2. The first-order valence-corrected chi connectivity index (χ1v) is 13.4. The Bertz CT molecular complexity index is 1140. The summed E-state index contributed by atoms with van der Waals surface area (Å²) < 4.78 is 27.0. The van der Waals surface area contributed by atoms with E-state index in [4.69, 9.17) is 9.47 Å². The Balaban J connectivity index is 1.13. The Morgan fingerprint density at radius 2 is 1.92 bits per heavy atom. The van der Waals surface area contributed by atoms with Crippen molar-refractivity contribution >= 4 is 23.1 Å². The molecule has 190 valence electrons. The molecule has 4 aliphatic rings. The van der Waals surface area contributed by atoms with E-state index in [9.17, 15) is 0 Å². The Kier molecular flexibility index (Phi) is 6.48. The standard InChI is InChI=1S/C30H36FN3O2/c1-22-27-6-5-25(36-21-26-3-2-18-35-26)19-23(27)8-15-34(22)24-4-7-29(28(31)20-24)33-16-11-30(12-17-33)9-13-32-14-10-30/h4-8,15,19-20,26,32H,1-3,9-14,16-18,21H2/t26-/m1/s1. The van der Waals surface area contributed by atoms with Gasteiger partial charge in [-0.15, -0.1) is 0 Å². The number of hydrogen-bond donors (Lipinski definition) is 1. The van der Waals surface area contributed by atoms with Crippen molar-refractivity contribution in [2.75, 3.05) is 49.2 Å². The van der Waals surface area contributed by atoms with Gasteiger partial charge in [0.2, 0.25) is 0 Å². The van der Waals surface area contributed by atoms with Crippen LogP contribution in [0.25, 0.3) is 11.8 Å². The zero-order chi connectivity index (χ0) is 24.5. The molecule has 0 radical (unpaired) electrons. The van der Waals surface area contributed by atoms with Gasteiger partial charge in [0.05, 0.1) is 11.8 Å². The average molecular weight is 490 g/mol. The summed E-state index contributed by atoms with van der Waals surface area (Å²) in [5, 5.41) is 3.47. The quantitative estimate of drug-likeness (QED) is 0.573. The van der Waals surface area contributed by atoms with Gasteiger partial charge in [-0.25, -0.2) is 4.39 Å². The van der Waals surface area contributed by atoms with Crippen LogP contribution in [0.5, 0.6) is 5.75 Å². The van der Waals surface area contributed by atoms with Crippen LogP contribution in [-0.4, -0.2) is 45.5 Å². The minimum absolute atomic E-state index is 0.168. The van der Waals surface area contributed by atoms with Crippen molar-refractivity contribution in [3.63, 3.8) is 0 Å². The highest BCUT2D eigenvalue weighted by Crippen LogP contribution is 2.42. The minimum atomic E-state index is -0.168. The molecule has 0 amide bonds. The van der Waals surface area contributed by atoms with Gasteiger partial charge in [0.15, 0.2) is 0 Å². The number of fused-ring (bicyclic) bond motifs is 1. The fourth-order valence-electron chi connectivity index (χ4n) is 6.19. The van der Waals surface area contributed by atoms with E-state index in [0.717, 1.165) is 86.7 Å². The van der Waals surface area contributed by atoms with Gasteiger partial charge in [-0.2, -0.15) is 0 Å². The van der Waals surface area contributed by atoms with Gasteiger partial charge in [0.1, 0.15) is 18.2 Å². The molecule has 4 aliphatic heterocycles. The van der Waals surface area contributed by atoms with Crippen molar-refractivity contribution in [2.24, 2.45) is 5.41 Å². The van der Waals surface area contributed by atoms with Crippen LogP contribution in [0.3, 0.4) is 0 Å². The molecule has 1 N–H and O–H groups in total. The second kappa shape index (κ2) is 9.91. The lowest BCUT2D eigenvalue weighted by Gasteiger charge is -2.45. The molecule has 0 aromatic heterocycles.